The van der Waals surface area contributed by atoms with Gasteiger partial charge in [0.25, 0.3) is 5.91 Å². The second kappa shape index (κ2) is 9.98. The molecule has 1 atom stereocenters. The van der Waals surface area contributed by atoms with Crippen LogP contribution < -0.4 is 11.1 Å². The standard InChI is InChI=1S/C28H26N6O3/c1-17(11-12-18-7-3-2-4-8-18)31-28(37)24-25-27(33-21-10-6-5-9-20(21)32-25)34(26(24)29)30-16-19-13-14-22(35)23(36)15-19/h2-10,13-17,35-36H,11-12,29H2,1H3,(H,31,37)/b30-16+. The Morgan fingerprint density at radius 3 is 2.46 bits per heavy atom. The van der Waals surface area contributed by atoms with Crippen LogP contribution in [0.1, 0.15) is 34.8 Å². The Labute approximate surface area is 212 Å². The number of hydrogen-bond donors (Lipinski definition) is 4. The molecule has 9 nitrogen and oxygen atoms in total. The maximum atomic E-state index is 13.4. The normalized spacial score (nSPS) is 12.4. The number of nitrogen functional groups attached to an aromatic ring is 1. The number of aromatic hydroxyl groups is 2. The summed E-state index contributed by atoms with van der Waals surface area (Å²) in [5.74, 6) is -0.772. The van der Waals surface area contributed by atoms with E-state index in [9.17, 15) is 15.0 Å². The van der Waals surface area contributed by atoms with Crippen LogP contribution in [0.5, 0.6) is 11.5 Å². The number of phenolic OH excluding ortho intramolecular Hbond substituents is 2. The van der Waals surface area contributed by atoms with Gasteiger partial charge in [-0.2, -0.15) is 9.78 Å². The molecule has 5 aromatic rings. The van der Waals surface area contributed by atoms with Crippen molar-refractivity contribution in [1.29, 1.82) is 0 Å². The lowest BCUT2D eigenvalue weighted by atomic mass is 10.1. The minimum absolute atomic E-state index is 0.0947. The van der Waals surface area contributed by atoms with E-state index in [1.54, 1.807) is 6.07 Å². The number of anilines is 1. The van der Waals surface area contributed by atoms with E-state index in [0.29, 0.717) is 27.8 Å². The zero-order chi connectivity index (χ0) is 25.9. The first kappa shape index (κ1) is 23.8. The number of aromatic nitrogens is 3. The molecule has 37 heavy (non-hydrogen) atoms. The molecule has 1 amide bonds. The molecular formula is C28H26N6O3. The first-order valence-electron chi connectivity index (χ1n) is 11.9. The number of fused-ring (bicyclic) bond motifs is 2. The van der Waals surface area contributed by atoms with Crippen LogP contribution in [0.15, 0.2) is 77.9 Å². The molecule has 0 saturated heterocycles. The van der Waals surface area contributed by atoms with E-state index in [2.05, 4.69) is 27.5 Å². The molecule has 5 rings (SSSR count). The van der Waals surface area contributed by atoms with E-state index < -0.39 is 0 Å². The number of nitrogens with two attached hydrogens (primary N) is 1. The summed E-state index contributed by atoms with van der Waals surface area (Å²) in [4.78, 5) is 22.8. The molecule has 0 aliphatic heterocycles. The molecule has 0 radical (unpaired) electrons. The van der Waals surface area contributed by atoms with Crippen molar-refractivity contribution in [2.45, 2.75) is 25.8 Å². The van der Waals surface area contributed by atoms with Gasteiger partial charge in [-0.3, -0.25) is 4.79 Å². The first-order chi connectivity index (χ1) is 17.9. The third-order valence-electron chi connectivity index (χ3n) is 6.11. The number of phenols is 2. The predicted octanol–water partition coefficient (Wildman–Crippen LogP) is 4.21. The summed E-state index contributed by atoms with van der Waals surface area (Å²) in [5, 5.41) is 26.8. The fourth-order valence-corrected chi connectivity index (χ4v) is 4.13. The fourth-order valence-electron chi connectivity index (χ4n) is 4.13. The van der Waals surface area contributed by atoms with Crippen molar-refractivity contribution in [3.05, 3.63) is 89.5 Å². The van der Waals surface area contributed by atoms with Crippen molar-refractivity contribution in [3.8, 4) is 11.5 Å². The van der Waals surface area contributed by atoms with Crippen LogP contribution in [-0.2, 0) is 6.42 Å². The summed E-state index contributed by atoms with van der Waals surface area (Å²) < 4.78 is 1.36. The number of amides is 1. The molecule has 2 heterocycles. The van der Waals surface area contributed by atoms with Gasteiger partial charge < -0.3 is 21.3 Å². The highest BCUT2D eigenvalue weighted by atomic mass is 16.3. The van der Waals surface area contributed by atoms with E-state index in [1.807, 2.05) is 49.4 Å². The number of rotatable bonds is 7. The maximum absolute atomic E-state index is 13.4. The molecular weight excluding hydrogens is 468 g/mol. The van der Waals surface area contributed by atoms with Crippen LogP contribution in [0.25, 0.3) is 22.2 Å². The summed E-state index contributed by atoms with van der Waals surface area (Å²) in [6, 6.07) is 21.6. The number of nitrogens with zero attached hydrogens (tertiary/aromatic N) is 4. The van der Waals surface area contributed by atoms with Gasteiger partial charge in [-0.15, -0.1) is 0 Å². The molecule has 0 bridgehead atoms. The smallest absolute Gasteiger partial charge is 0.257 e. The van der Waals surface area contributed by atoms with Crippen molar-refractivity contribution in [1.82, 2.24) is 20.0 Å². The van der Waals surface area contributed by atoms with E-state index in [0.717, 1.165) is 12.8 Å². The Morgan fingerprint density at radius 1 is 1.03 bits per heavy atom. The molecule has 9 heteroatoms. The average Bonchev–Trinajstić information content (AvgIpc) is 3.17. The molecule has 1 unspecified atom stereocenters. The number of nitrogens with one attached hydrogen (secondary N) is 1. The summed E-state index contributed by atoms with van der Waals surface area (Å²) in [5.41, 5.74) is 10.3. The predicted molar refractivity (Wildman–Crippen MR) is 144 cm³/mol. The van der Waals surface area contributed by atoms with Gasteiger partial charge in [0.2, 0.25) is 0 Å². The van der Waals surface area contributed by atoms with Crippen molar-refractivity contribution < 1.29 is 15.0 Å². The molecule has 0 fully saturated rings. The Balaban J connectivity index is 1.50. The van der Waals surface area contributed by atoms with E-state index >= 15 is 0 Å². The third kappa shape index (κ3) is 4.92. The van der Waals surface area contributed by atoms with Gasteiger partial charge >= 0.3 is 0 Å². The second-order valence-electron chi connectivity index (χ2n) is 8.85. The molecule has 2 aromatic heterocycles. The minimum atomic E-state index is -0.358. The van der Waals surface area contributed by atoms with Gasteiger partial charge in [0, 0.05) is 6.04 Å². The lowest BCUT2D eigenvalue weighted by Crippen LogP contribution is -2.33. The zero-order valence-electron chi connectivity index (χ0n) is 20.2. The van der Waals surface area contributed by atoms with E-state index in [-0.39, 0.29) is 34.8 Å². The van der Waals surface area contributed by atoms with E-state index in [4.69, 9.17) is 10.7 Å². The van der Waals surface area contributed by atoms with E-state index in [1.165, 1.54) is 28.6 Å². The highest BCUT2D eigenvalue weighted by Crippen LogP contribution is 2.28. The van der Waals surface area contributed by atoms with Gasteiger partial charge in [-0.25, -0.2) is 9.97 Å². The summed E-state index contributed by atoms with van der Waals surface area (Å²) in [7, 11) is 0. The Kier molecular flexibility index (Phi) is 6.42. The lowest BCUT2D eigenvalue weighted by molar-refractivity contribution is 0.0940. The minimum Gasteiger partial charge on any atom is -0.504 e. The number of carbonyl (C=O) groups excluding carboxylic acids is 1. The topological polar surface area (TPSA) is 139 Å². The fraction of sp³-hybridized carbons (Fsp3) is 0.143. The van der Waals surface area contributed by atoms with Crippen LogP contribution in [0.4, 0.5) is 5.82 Å². The number of carbonyl (C=O) groups is 1. The van der Waals surface area contributed by atoms with Crippen molar-refractivity contribution >= 4 is 40.1 Å². The van der Waals surface area contributed by atoms with Gasteiger partial charge in [0.05, 0.1) is 17.2 Å². The van der Waals surface area contributed by atoms with Gasteiger partial charge in [-0.05, 0) is 61.2 Å². The molecule has 5 N–H and O–H groups in total. The highest BCUT2D eigenvalue weighted by molar-refractivity contribution is 6.10. The summed E-state index contributed by atoms with van der Waals surface area (Å²) >= 11 is 0. The lowest BCUT2D eigenvalue weighted by Gasteiger charge is -2.14. The highest BCUT2D eigenvalue weighted by Gasteiger charge is 2.25. The molecule has 186 valence electrons. The summed E-state index contributed by atoms with van der Waals surface area (Å²) in [6.07, 6.45) is 3.04. The van der Waals surface area contributed by atoms with Crippen LogP contribution in [-0.4, -0.2) is 43.0 Å². The van der Waals surface area contributed by atoms with Crippen LogP contribution in [0.2, 0.25) is 0 Å². The van der Waals surface area contributed by atoms with Crippen LogP contribution >= 0.6 is 0 Å². The van der Waals surface area contributed by atoms with Crippen molar-refractivity contribution in [3.63, 3.8) is 0 Å². The first-order valence-corrected chi connectivity index (χ1v) is 11.9. The molecule has 0 aliphatic carbocycles. The molecule has 0 saturated carbocycles. The van der Waals surface area contributed by atoms with Gasteiger partial charge in [0.15, 0.2) is 17.1 Å². The monoisotopic (exact) mass is 494 g/mol. The Morgan fingerprint density at radius 2 is 1.73 bits per heavy atom. The zero-order valence-corrected chi connectivity index (χ0v) is 20.2. The number of benzene rings is 3. The van der Waals surface area contributed by atoms with Gasteiger partial charge in [0.1, 0.15) is 16.9 Å². The SMILES string of the molecule is CC(CCc1ccccc1)NC(=O)c1c(N)n(/N=C/c2ccc(O)c(O)c2)c2nc3ccccc3nc12. The number of hydrogen-bond acceptors (Lipinski definition) is 7. The maximum Gasteiger partial charge on any atom is 0.257 e. The summed E-state index contributed by atoms with van der Waals surface area (Å²) in [6.45, 7) is 1.95. The Bertz CT molecular complexity index is 1630. The van der Waals surface area contributed by atoms with Gasteiger partial charge in [-0.1, -0.05) is 42.5 Å². The molecule has 0 spiro atoms. The Hall–Kier alpha value is -4.92. The molecule has 0 aliphatic rings. The largest absolute Gasteiger partial charge is 0.504 e. The second-order valence-corrected chi connectivity index (χ2v) is 8.85. The molecule has 3 aromatic carbocycles. The van der Waals surface area contributed by atoms with Crippen molar-refractivity contribution in [2.75, 3.05) is 5.73 Å². The number of aryl methyl sites for hydroxylation is 1. The number of para-hydroxylation sites is 2. The quantitative estimate of drug-likeness (QED) is 0.197. The van der Waals surface area contributed by atoms with Crippen LogP contribution in [0.3, 0.4) is 0 Å². The van der Waals surface area contributed by atoms with Crippen LogP contribution in [0, 0.1) is 0 Å². The third-order valence-corrected chi connectivity index (χ3v) is 6.11. The average molecular weight is 495 g/mol. The van der Waals surface area contributed by atoms with Crippen molar-refractivity contribution in [2.24, 2.45) is 5.10 Å².